The molecule has 0 aliphatic heterocycles. The number of hydrogen-bond acceptors (Lipinski definition) is 4. The standard InChI is InChI=1S/C12H13BrN4O2/c1-7-8(6-17(2)16-7)4-14-11-10(12(18)19)3-9(13)5-15-11/h3,5-6H,4H2,1-2H3,(H,14,15)(H,18,19). The van der Waals surface area contributed by atoms with Crippen LogP contribution in [0, 0.1) is 6.92 Å². The third-order valence-electron chi connectivity index (χ3n) is 2.65. The summed E-state index contributed by atoms with van der Waals surface area (Å²) in [6, 6.07) is 1.52. The van der Waals surface area contributed by atoms with Crippen LogP contribution in [0.1, 0.15) is 21.6 Å². The zero-order chi connectivity index (χ0) is 14.0. The molecule has 0 unspecified atom stereocenters. The smallest absolute Gasteiger partial charge is 0.339 e. The van der Waals surface area contributed by atoms with Gasteiger partial charge in [0.05, 0.1) is 5.69 Å². The molecule has 0 saturated heterocycles. The number of pyridine rings is 1. The minimum atomic E-state index is -1.01. The Bertz CT molecular complexity index is 624. The summed E-state index contributed by atoms with van der Waals surface area (Å²) in [6.45, 7) is 2.39. The van der Waals surface area contributed by atoms with Crippen LogP contribution in [0.3, 0.4) is 0 Å². The molecule has 7 heteroatoms. The van der Waals surface area contributed by atoms with E-state index >= 15 is 0 Å². The van der Waals surface area contributed by atoms with Gasteiger partial charge < -0.3 is 10.4 Å². The van der Waals surface area contributed by atoms with Gasteiger partial charge in [-0.2, -0.15) is 5.10 Å². The SMILES string of the molecule is Cc1nn(C)cc1CNc1ncc(Br)cc1C(=O)O. The maximum absolute atomic E-state index is 11.1. The van der Waals surface area contributed by atoms with Gasteiger partial charge in [-0.25, -0.2) is 9.78 Å². The van der Waals surface area contributed by atoms with E-state index in [0.29, 0.717) is 16.8 Å². The number of nitrogens with zero attached hydrogens (tertiary/aromatic N) is 3. The molecule has 100 valence electrons. The van der Waals surface area contributed by atoms with E-state index in [1.165, 1.54) is 6.07 Å². The molecule has 0 saturated carbocycles. The van der Waals surface area contributed by atoms with Crippen molar-refractivity contribution in [3.63, 3.8) is 0 Å². The van der Waals surface area contributed by atoms with Crippen molar-refractivity contribution in [3.8, 4) is 0 Å². The molecule has 0 bridgehead atoms. The van der Waals surface area contributed by atoms with Crippen molar-refractivity contribution < 1.29 is 9.90 Å². The Balaban J connectivity index is 2.20. The van der Waals surface area contributed by atoms with Gasteiger partial charge in [-0.3, -0.25) is 4.68 Å². The first-order chi connectivity index (χ1) is 8.97. The number of aromatic nitrogens is 3. The predicted molar refractivity (Wildman–Crippen MR) is 74.2 cm³/mol. The summed E-state index contributed by atoms with van der Waals surface area (Å²) < 4.78 is 2.35. The van der Waals surface area contributed by atoms with Gasteiger partial charge >= 0.3 is 5.97 Å². The molecule has 0 amide bonds. The Morgan fingerprint density at radius 1 is 1.58 bits per heavy atom. The summed E-state index contributed by atoms with van der Waals surface area (Å²) in [5.74, 6) is -0.668. The Labute approximate surface area is 118 Å². The van der Waals surface area contributed by atoms with Gasteiger partial charge in [0.25, 0.3) is 0 Å². The van der Waals surface area contributed by atoms with E-state index in [0.717, 1.165) is 11.3 Å². The van der Waals surface area contributed by atoms with Crippen LogP contribution >= 0.6 is 15.9 Å². The number of anilines is 1. The van der Waals surface area contributed by atoms with Gasteiger partial charge in [-0.15, -0.1) is 0 Å². The van der Waals surface area contributed by atoms with Crippen LogP contribution < -0.4 is 5.32 Å². The van der Waals surface area contributed by atoms with Crippen LogP contribution in [-0.2, 0) is 13.6 Å². The van der Waals surface area contributed by atoms with Gasteiger partial charge in [-0.1, -0.05) is 0 Å². The normalized spacial score (nSPS) is 10.5. The minimum Gasteiger partial charge on any atom is -0.478 e. The maximum Gasteiger partial charge on any atom is 0.339 e. The van der Waals surface area contributed by atoms with Crippen molar-refractivity contribution in [1.82, 2.24) is 14.8 Å². The molecule has 2 heterocycles. The highest BCUT2D eigenvalue weighted by molar-refractivity contribution is 9.10. The van der Waals surface area contributed by atoms with E-state index < -0.39 is 5.97 Å². The Kier molecular flexibility index (Phi) is 3.84. The molecule has 0 radical (unpaired) electrons. The summed E-state index contributed by atoms with van der Waals surface area (Å²) in [6.07, 6.45) is 3.45. The van der Waals surface area contributed by atoms with Gasteiger partial charge in [0.1, 0.15) is 11.4 Å². The second-order valence-corrected chi connectivity index (χ2v) is 5.04. The van der Waals surface area contributed by atoms with Crippen LogP contribution in [0.5, 0.6) is 0 Å². The van der Waals surface area contributed by atoms with Crippen LogP contribution in [0.15, 0.2) is 22.9 Å². The zero-order valence-corrected chi connectivity index (χ0v) is 12.1. The Hall–Kier alpha value is -1.89. The minimum absolute atomic E-state index is 0.135. The summed E-state index contributed by atoms with van der Waals surface area (Å²) in [5, 5.41) is 16.4. The van der Waals surface area contributed by atoms with Crippen molar-refractivity contribution in [2.75, 3.05) is 5.32 Å². The Morgan fingerprint density at radius 2 is 2.32 bits per heavy atom. The van der Waals surface area contributed by atoms with Crippen molar-refractivity contribution in [3.05, 3.63) is 39.8 Å². The number of aryl methyl sites for hydroxylation is 2. The highest BCUT2D eigenvalue weighted by Crippen LogP contribution is 2.19. The van der Waals surface area contributed by atoms with Crippen LogP contribution in [0.25, 0.3) is 0 Å². The van der Waals surface area contributed by atoms with E-state index in [9.17, 15) is 4.79 Å². The monoisotopic (exact) mass is 324 g/mol. The fourth-order valence-corrected chi connectivity index (χ4v) is 2.08. The molecular formula is C12H13BrN4O2. The molecule has 2 N–H and O–H groups in total. The second kappa shape index (κ2) is 5.40. The lowest BCUT2D eigenvalue weighted by Gasteiger charge is -2.08. The third-order valence-corrected chi connectivity index (χ3v) is 3.08. The van der Waals surface area contributed by atoms with Gasteiger partial charge in [0.15, 0.2) is 0 Å². The number of carboxylic acid groups (broad SMARTS) is 1. The molecule has 0 aromatic carbocycles. The molecule has 19 heavy (non-hydrogen) atoms. The quantitative estimate of drug-likeness (QED) is 0.901. The van der Waals surface area contributed by atoms with Gasteiger partial charge in [0, 0.05) is 36.0 Å². The molecule has 0 aliphatic rings. The lowest BCUT2D eigenvalue weighted by molar-refractivity contribution is 0.0697. The van der Waals surface area contributed by atoms with Gasteiger partial charge in [-0.05, 0) is 28.9 Å². The van der Waals surface area contributed by atoms with Crippen LogP contribution in [-0.4, -0.2) is 25.8 Å². The lowest BCUT2D eigenvalue weighted by atomic mass is 10.2. The number of rotatable bonds is 4. The lowest BCUT2D eigenvalue weighted by Crippen LogP contribution is -2.08. The van der Waals surface area contributed by atoms with Crippen molar-refractivity contribution in [1.29, 1.82) is 0 Å². The molecule has 2 rings (SSSR count). The number of nitrogens with one attached hydrogen (secondary N) is 1. The summed E-state index contributed by atoms with van der Waals surface area (Å²) in [4.78, 5) is 15.2. The number of aromatic carboxylic acids is 1. The first-order valence-electron chi connectivity index (χ1n) is 5.59. The van der Waals surface area contributed by atoms with E-state index in [-0.39, 0.29) is 5.56 Å². The molecule has 6 nitrogen and oxygen atoms in total. The van der Waals surface area contributed by atoms with Gasteiger partial charge in [0.2, 0.25) is 0 Å². The first kappa shape index (κ1) is 13.5. The second-order valence-electron chi connectivity index (χ2n) is 4.12. The highest BCUT2D eigenvalue weighted by atomic mass is 79.9. The van der Waals surface area contributed by atoms with Crippen molar-refractivity contribution in [2.45, 2.75) is 13.5 Å². The van der Waals surface area contributed by atoms with E-state index in [4.69, 9.17) is 5.11 Å². The van der Waals surface area contributed by atoms with E-state index in [1.54, 1.807) is 10.9 Å². The summed E-state index contributed by atoms with van der Waals surface area (Å²) in [7, 11) is 1.84. The maximum atomic E-state index is 11.1. The van der Waals surface area contributed by atoms with Crippen LogP contribution in [0.4, 0.5) is 5.82 Å². The number of carbonyl (C=O) groups is 1. The number of halogens is 1. The largest absolute Gasteiger partial charge is 0.478 e. The first-order valence-corrected chi connectivity index (χ1v) is 6.38. The van der Waals surface area contributed by atoms with Crippen molar-refractivity contribution >= 4 is 27.7 Å². The molecule has 0 spiro atoms. The highest BCUT2D eigenvalue weighted by Gasteiger charge is 2.12. The average Bonchev–Trinajstić information content (AvgIpc) is 2.66. The zero-order valence-electron chi connectivity index (χ0n) is 10.5. The fourth-order valence-electron chi connectivity index (χ4n) is 1.74. The molecule has 0 fully saturated rings. The Morgan fingerprint density at radius 3 is 2.89 bits per heavy atom. The topological polar surface area (TPSA) is 80.0 Å². The van der Waals surface area contributed by atoms with E-state index in [1.807, 2.05) is 20.2 Å². The van der Waals surface area contributed by atoms with Crippen molar-refractivity contribution in [2.24, 2.45) is 7.05 Å². The average molecular weight is 325 g/mol. The molecule has 2 aromatic heterocycles. The number of carboxylic acids is 1. The molecule has 0 aliphatic carbocycles. The molecule has 2 aromatic rings. The van der Waals surface area contributed by atoms with Crippen LogP contribution in [0.2, 0.25) is 0 Å². The predicted octanol–water partition coefficient (Wildman–Crippen LogP) is 2.20. The molecule has 0 atom stereocenters. The third kappa shape index (κ3) is 3.11. The molecular weight excluding hydrogens is 312 g/mol. The van der Waals surface area contributed by atoms with E-state index in [2.05, 4.69) is 31.3 Å². The summed E-state index contributed by atoms with van der Waals surface area (Å²) >= 11 is 3.21. The number of hydrogen-bond donors (Lipinski definition) is 2. The summed E-state index contributed by atoms with van der Waals surface area (Å²) in [5.41, 5.74) is 2.04. The fraction of sp³-hybridized carbons (Fsp3) is 0.250.